The minimum Gasteiger partial charge on any atom is -0.480 e. The summed E-state index contributed by atoms with van der Waals surface area (Å²) in [5.74, 6) is 0.0405. The molecule has 7 N–H and O–H groups in total. The molecule has 1 unspecified atom stereocenters. The molecule has 0 amide bonds. The molecular formula is C14H20N6O5S. The Balaban J connectivity index is 1.64. The van der Waals surface area contributed by atoms with Crippen LogP contribution in [-0.2, 0) is 9.53 Å². The van der Waals surface area contributed by atoms with Crippen molar-refractivity contribution in [1.29, 1.82) is 0 Å². The molecule has 12 heteroatoms. The number of aromatic nitrogens is 4. The molecule has 0 aromatic carbocycles. The maximum Gasteiger partial charge on any atom is 0.320 e. The van der Waals surface area contributed by atoms with E-state index in [2.05, 4.69) is 15.0 Å². The van der Waals surface area contributed by atoms with Gasteiger partial charge in [-0.1, -0.05) is 0 Å². The molecule has 0 spiro atoms. The van der Waals surface area contributed by atoms with Gasteiger partial charge in [0.15, 0.2) is 17.7 Å². The molecule has 3 rings (SSSR count). The molecular weight excluding hydrogens is 364 g/mol. The molecule has 5 atom stereocenters. The van der Waals surface area contributed by atoms with E-state index in [0.717, 1.165) is 0 Å². The van der Waals surface area contributed by atoms with E-state index in [1.165, 1.54) is 29.0 Å². The highest BCUT2D eigenvalue weighted by Gasteiger charge is 2.44. The number of nitrogens with zero attached hydrogens (tertiary/aromatic N) is 4. The highest BCUT2D eigenvalue weighted by Crippen LogP contribution is 2.33. The number of aliphatic carboxylic acids is 1. The maximum absolute atomic E-state index is 10.7. The molecule has 0 radical (unpaired) electrons. The zero-order chi connectivity index (χ0) is 18.8. The standard InChI is InChI=1S/C14H20N6O5S/c15-6(14(23)24)1-2-26-3-7-9(21)10(22)13(25-7)20-5-19-8-11(16)17-4-18-12(8)20/h4-7,9-10,13,21-22H,1-3,15H2,(H,23,24)(H2,16,17,18)/t6?,7-,9+,10+,13-/m1/s1. The number of hydrogen-bond acceptors (Lipinski definition) is 10. The van der Waals surface area contributed by atoms with Crippen LogP contribution in [0.4, 0.5) is 5.82 Å². The number of anilines is 1. The van der Waals surface area contributed by atoms with E-state index in [-0.39, 0.29) is 5.82 Å². The lowest BCUT2D eigenvalue weighted by molar-refractivity contribution is -0.138. The topological polar surface area (TPSA) is 183 Å². The van der Waals surface area contributed by atoms with Gasteiger partial charge in [-0.3, -0.25) is 9.36 Å². The third-order valence-corrected chi connectivity index (χ3v) is 5.26. The van der Waals surface area contributed by atoms with Crippen LogP contribution in [0.3, 0.4) is 0 Å². The monoisotopic (exact) mass is 384 g/mol. The van der Waals surface area contributed by atoms with Crippen molar-refractivity contribution in [1.82, 2.24) is 19.5 Å². The highest BCUT2D eigenvalue weighted by molar-refractivity contribution is 7.99. The van der Waals surface area contributed by atoms with Gasteiger partial charge in [0.25, 0.3) is 0 Å². The predicted octanol–water partition coefficient (Wildman–Crippen LogP) is -1.44. The van der Waals surface area contributed by atoms with Gasteiger partial charge in [-0.25, -0.2) is 15.0 Å². The van der Waals surface area contributed by atoms with E-state index in [0.29, 0.717) is 29.1 Å². The van der Waals surface area contributed by atoms with Gasteiger partial charge in [0.1, 0.15) is 30.1 Å². The number of rotatable bonds is 7. The second-order valence-electron chi connectivity index (χ2n) is 5.94. The van der Waals surface area contributed by atoms with Crippen molar-refractivity contribution < 1.29 is 24.9 Å². The molecule has 1 fully saturated rings. The van der Waals surface area contributed by atoms with E-state index in [9.17, 15) is 15.0 Å². The normalized spacial score (nSPS) is 27.0. The van der Waals surface area contributed by atoms with Crippen LogP contribution in [-0.4, -0.2) is 76.7 Å². The Morgan fingerprint density at radius 2 is 2.12 bits per heavy atom. The summed E-state index contributed by atoms with van der Waals surface area (Å²) in [5, 5.41) is 29.3. The second kappa shape index (κ2) is 7.72. The molecule has 3 heterocycles. The summed E-state index contributed by atoms with van der Waals surface area (Å²) in [7, 11) is 0. The number of imidazole rings is 1. The van der Waals surface area contributed by atoms with Gasteiger partial charge in [0, 0.05) is 5.75 Å². The van der Waals surface area contributed by atoms with Crippen molar-refractivity contribution in [2.45, 2.75) is 37.0 Å². The fraction of sp³-hybridized carbons (Fsp3) is 0.571. The van der Waals surface area contributed by atoms with Gasteiger partial charge < -0.3 is 31.5 Å². The number of nitrogen functional groups attached to an aromatic ring is 1. The molecule has 0 bridgehead atoms. The number of nitrogens with two attached hydrogens (primary N) is 2. The minimum atomic E-state index is -1.17. The van der Waals surface area contributed by atoms with Gasteiger partial charge >= 0.3 is 5.97 Å². The summed E-state index contributed by atoms with van der Waals surface area (Å²) in [4.78, 5) is 22.8. The number of carbonyl (C=O) groups is 1. The van der Waals surface area contributed by atoms with Crippen LogP contribution in [0.1, 0.15) is 12.6 Å². The molecule has 1 aliphatic rings. The Morgan fingerprint density at radius 1 is 1.35 bits per heavy atom. The number of ether oxygens (including phenoxy) is 1. The van der Waals surface area contributed by atoms with E-state index in [4.69, 9.17) is 21.3 Å². The number of aliphatic hydroxyl groups is 2. The Hall–Kier alpha value is -1.99. The SMILES string of the molecule is Nc1ncnc2c1ncn2[C@@H]1O[C@H](CSCCC(N)C(=O)O)[C@H](O)[C@@H]1O. The lowest BCUT2D eigenvalue weighted by atomic mass is 10.1. The largest absolute Gasteiger partial charge is 0.480 e. The van der Waals surface area contributed by atoms with Crippen LogP contribution >= 0.6 is 11.8 Å². The molecule has 26 heavy (non-hydrogen) atoms. The van der Waals surface area contributed by atoms with E-state index in [1.54, 1.807) is 0 Å². The van der Waals surface area contributed by atoms with Gasteiger partial charge in [0.05, 0.1) is 12.4 Å². The molecule has 1 saturated heterocycles. The molecule has 0 saturated carbocycles. The molecule has 0 aliphatic carbocycles. The molecule has 2 aromatic heterocycles. The maximum atomic E-state index is 10.7. The fourth-order valence-electron chi connectivity index (χ4n) is 2.69. The van der Waals surface area contributed by atoms with Crippen LogP contribution < -0.4 is 11.5 Å². The minimum absolute atomic E-state index is 0.212. The highest BCUT2D eigenvalue weighted by atomic mass is 32.2. The lowest BCUT2D eigenvalue weighted by Gasteiger charge is -2.16. The fourth-order valence-corrected chi connectivity index (χ4v) is 3.78. The zero-order valence-electron chi connectivity index (χ0n) is 13.7. The number of carboxylic acids is 1. The van der Waals surface area contributed by atoms with Crippen molar-refractivity contribution in [2.24, 2.45) is 5.73 Å². The van der Waals surface area contributed by atoms with Crippen LogP contribution in [0.5, 0.6) is 0 Å². The van der Waals surface area contributed by atoms with Gasteiger partial charge in [-0.15, -0.1) is 0 Å². The predicted molar refractivity (Wildman–Crippen MR) is 93.2 cm³/mol. The Bertz CT molecular complexity index is 788. The average Bonchev–Trinajstić information content (AvgIpc) is 3.15. The molecule has 2 aromatic rings. The number of aliphatic hydroxyl groups excluding tert-OH is 2. The van der Waals surface area contributed by atoms with E-state index < -0.39 is 36.6 Å². The number of fused-ring (bicyclic) bond motifs is 1. The second-order valence-corrected chi connectivity index (χ2v) is 7.09. The smallest absolute Gasteiger partial charge is 0.320 e. The van der Waals surface area contributed by atoms with Gasteiger partial charge in [-0.2, -0.15) is 11.8 Å². The first-order valence-corrected chi connectivity index (χ1v) is 9.06. The zero-order valence-corrected chi connectivity index (χ0v) is 14.5. The molecule has 142 valence electrons. The lowest BCUT2D eigenvalue weighted by Crippen LogP contribution is -2.33. The summed E-state index contributed by atoms with van der Waals surface area (Å²) in [6.45, 7) is 0. The number of hydrogen-bond donors (Lipinski definition) is 5. The first-order chi connectivity index (χ1) is 12.4. The van der Waals surface area contributed by atoms with Crippen molar-refractivity contribution >= 4 is 34.7 Å². The van der Waals surface area contributed by atoms with Crippen molar-refractivity contribution in [3.63, 3.8) is 0 Å². The van der Waals surface area contributed by atoms with E-state index >= 15 is 0 Å². The van der Waals surface area contributed by atoms with Crippen molar-refractivity contribution in [3.8, 4) is 0 Å². The van der Waals surface area contributed by atoms with E-state index in [1.807, 2.05) is 0 Å². The third kappa shape index (κ3) is 3.59. The Morgan fingerprint density at radius 3 is 2.85 bits per heavy atom. The van der Waals surface area contributed by atoms with Crippen molar-refractivity contribution in [2.75, 3.05) is 17.2 Å². The summed E-state index contributed by atoms with van der Waals surface area (Å²) in [6.07, 6.45) is -0.747. The van der Waals surface area contributed by atoms with Crippen LogP contribution in [0.15, 0.2) is 12.7 Å². The van der Waals surface area contributed by atoms with Crippen molar-refractivity contribution in [3.05, 3.63) is 12.7 Å². The average molecular weight is 384 g/mol. The van der Waals surface area contributed by atoms with Crippen LogP contribution in [0, 0.1) is 0 Å². The summed E-state index contributed by atoms with van der Waals surface area (Å²) in [5.41, 5.74) is 12.0. The quantitative estimate of drug-likeness (QED) is 0.352. The summed E-state index contributed by atoms with van der Waals surface area (Å²) in [6, 6.07) is -0.919. The molecule has 11 nitrogen and oxygen atoms in total. The summed E-state index contributed by atoms with van der Waals surface area (Å²) < 4.78 is 7.29. The first kappa shape index (κ1) is 18.8. The third-order valence-electron chi connectivity index (χ3n) is 4.17. The summed E-state index contributed by atoms with van der Waals surface area (Å²) >= 11 is 1.40. The van der Waals surface area contributed by atoms with Crippen LogP contribution in [0.25, 0.3) is 11.2 Å². The first-order valence-electron chi connectivity index (χ1n) is 7.91. The number of carboxylic acid groups (broad SMARTS) is 1. The van der Waals surface area contributed by atoms with Crippen LogP contribution in [0.2, 0.25) is 0 Å². The number of thioether (sulfide) groups is 1. The van der Waals surface area contributed by atoms with Gasteiger partial charge in [-0.05, 0) is 12.2 Å². The Labute approximate surface area is 152 Å². The molecule has 1 aliphatic heterocycles. The Kier molecular flexibility index (Phi) is 5.58. The van der Waals surface area contributed by atoms with Gasteiger partial charge in [0.2, 0.25) is 0 Å².